The standard InChI is InChI=1S/C14H26N4/c1-4-14-11(10-18(3)16-14)9-17(2)13-7-5-12(15)6-8-13/h10,12-13H,4-9,15H2,1-3H3. The lowest BCUT2D eigenvalue weighted by Crippen LogP contribution is -2.38. The van der Waals surface area contributed by atoms with Crippen LogP contribution in [0.15, 0.2) is 6.20 Å². The van der Waals surface area contributed by atoms with E-state index in [0.717, 1.165) is 13.0 Å². The van der Waals surface area contributed by atoms with E-state index >= 15 is 0 Å². The highest BCUT2D eigenvalue weighted by atomic mass is 15.3. The Morgan fingerprint density at radius 2 is 2.06 bits per heavy atom. The summed E-state index contributed by atoms with van der Waals surface area (Å²) in [5, 5.41) is 4.51. The van der Waals surface area contributed by atoms with Crippen LogP contribution in [0.1, 0.15) is 43.9 Å². The van der Waals surface area contributed by atoms with Gasteiger partial charge in [-0.15, -0.1) is 0 Å². The second kappa shape index (κ2) is 5.85. The quantitative estimate of drug-likeness (QED) is 0.884. The van der Waals surface area contributed by atoms with Crippen LogP contribution in [0.5, 0.6) is 0 Å². The van der Waals surface area contributed by atoms with Gasteiger partial charge < -0.3 is 5.73 Å². The highest BCUT2D eigenvalue weighted by molar-refractivity contribution is 5.16. The molecule has 102 valence electrons. The molecule has 2 N–H and O–H groups in total. The van der Waals surface area contributed by atoms with E-state index in [1.807, 2.05) is 11.7 Å². The van der Waals surface area contributed by atoms with Crippen LogP contribution in [0.3, 0.4) is 0 Å². The van der Waals surface area contributed by atoms with Crippen molar-refractivity contribution < 1.29 is 0 Å². The molecule has 1 aliphatic rings. The SMILES string of the molecule is CCc1nn(C)cc1CN(C)C1CCC(N)CC1. The molecule has 0 radical (unpaired) electrons. The van der Waals surface area contributed by atoms with E-state index in [9.17, 15) is 0 Å². The van der Waals surface area contributed by atoms with Crippen LogP contribution in [-0.4, -0.2) is 33.8 Å². The Kier molecular flexibility index (Phi) is 4.40. The summed E-state index contributed by atoms with van der Waals surface area (Å²) in [5.41, 5.74) is 8.57. The summed E-state index contributed by atoms with van der Waals surface area (Å²) in [6, 6.07) is 1.12. The van der Waals surface area contributed by atoms with E-state index < -0.39 is 0 Å². The third kappa shape index (κ3) is 3.12. The maximum atomic E-state index is 5.97. The van der Waals surface area contributed by atoms with Crippen LogP contribution in [-0.2, 0) is 20.0 Å². The molecule has 4 nitrogen and oxygen atoms in total. The van der Waals surface area contributed by atoms with Gasteiger partial charge in [-0.1, -0.05) is 6.92 Å². The maximum absolute atomic E-state index is 5.97. The topological polar surface area (TPSA) is 47.1 Å². The Bertz CT molecular complexity index is 377. The van der Waals surface area contributed by atoms with Gasteiger partial charge in [0.1, 0.15) is 0 Å². The smallest absolute Gasteiger partial charge is 0.0666 e. The first-order valence-electron chi connectivity index (χ1n) is 7.07. The number of nitrogens with two attached hydrogens (primary N) is 1. The van der Waals surface area contributed by atoms with Crippen LogP contribution < -0.4 is 5.73 Å². The lowest BCUT2D eigenvalue weighted by Gasteiger charge is -2.33. The molecule has 0 aliphatic heterocycles. The first-order chi connectivity index (χ1) is 8.60. The molecule has 1 aliphatic carbocycles. The molecule has 0 unspecified atom stereocenters. The van der Waals surface area contributed by atoms with Crippen molar-refractivity contribution in [2.45, 2.75) is 57.7 Å². The summed E-state index contributed by atoms with van der Waals surface area (Å²) in [6.45, 7) is 3.18. The van der Waals surface area contributed by atoms with E-state index in [4.69, 9.17) is 5.73 Å². The van der Waals surface area contributed by atoms with E-state index in [0.29, 0.717) is 12.1 Å². The molecule has 0 atom stereocenters. The number of hydrogen-bond acceptors (Lipinski definition) is 3. The van der Waals surface area contributed by atoms with Gasteiger partial charge in [-0.25, -0.2) is 0 Å². The van der Waals surface area contributed by atoms with Gasteiger partial charge in [0.2, 0.25) is 0 Å². The summed E-state index contributed by atoms with van der Waals surface area (Å²) in [6.07, 6.45) is 7.98. The lowest BCUT2D eigenvalue weighted by atomic mass is 9.91. The van der Waals surface area contributed by atoms with Gasteiger partial charge in [-0.2, -0.15) is 5.10 Å². The maximum Gasteiger partial charge on any atom is 0.0666 e. The van der Waals surface area contributed by atoms with Crippen molar-refractivity contribution >= 4 is 0 Å². The summed E-state index contributed by atoms with van der Waals surface area (Å²) >= 11 is 0. The molecule has 2 rings (SSSR count). The second-order valence-electron chi connectivity index (χ2n) is 5.61. The van der Waals surface area contributed by atoms with Crippen molar-refractivity contribution in [1.82, 2.24) is 14.7 Å². The number of hydrogen-bond donors (Lipinski definition) is 1. The van der Waals surface area contributed by atoms with Crippen molar-refractivity contribution in [2.75, 3.05) is 7.05 Å². The van der Waals surface area contributed by atoms with Crippen molar-refractivity contribution in [1.29, 1.82) is 0 Å². The van der Waals surface area contributed by atoms with Gasteiger partial charge in [0.05, 0.1) is 5.69 Å². The number of nitrogens with zero attached hydrogens (tertiary/aromatic N) is 3. The number of aryl methyl sites for hydroxylation is 2. The first kappa shape index (κ1) is 13.6. The van der Waals surface area contributed by atoms with Gasteiger partial charge in [-0.3, -0.25) is 9.58 Å². The normalized spacial score (nSPS) is 24.7. The zero-order valence-corrected chi connectivity index (χ0v) is 11.9. The minimum Gasteiger partial charge on any atom is -0.328 e. The molecule has 0 amide bonds. The molecule has 1 aromatic heterocycles. The molecule has 0 saturated heterocycles. The van der Waals surface area contributed by atoms with E-state index in [1.54, 1.807) is 0 Å². The fraction of sp³-hybridized carbons (Fsp3) is 0.786. The minimum atomic E-state index is 0.430. The molecule has 4 heteroatoms. The van der Waals surface area contributed by atoms with Crippen LogP contribution in [0.2, 0.25) is 0 Å². The Morgan fingerprint density at radius 1 is 1.39 bits per heavy atom. The van der Waals surface area contributed by atoms with Gasteiger partial charge in [-0.05, 0) is 39.2 Å². The molecular formula is C14H26N4. The molecular weight excluding hydrogens is 224 g/mol. The zero-order chi connectivity index (χ0) is 13.1. The van der Waals surface area contributed by atoms with Gasteiger partial charge in [0.25, 0.3) is 0 Å². The van der Waals surface area contributed by atoms with E-state index in [2.05, 4.69) is 30.2 Å². The number of aromatic nitrogens is 2. The lowest BCUT2D eigenvalue weighted by molar-refractivity contribution is 0.176. The molecule has 1 saturated carbocycles. The fourth-order valence-corrected chi connectivity index (χ4v) is 2.95. The predicted molar refractivity (Wildman–Crippen MR) is 74.3 cm³/mol. The summed E-state index contributed by atoms with van der Waals surface area (Å²) < 4.78 is 1.93. The summed E-state index contributed by atoms with van der Waals surface area (Å²) in [5.74, 6) is 0. The molecule has 18 heavy (non-hydrogen) atoms. The van der Waals surface area contributed by atoms with Crippen molar-refractivity contribution in [3.8, 4) is 0 Å². The van der Waals surface area contributed by atoms with E-state index in [1.165, 1.54) is 36.9 Å². The first-order valence-corrected chi connectivity index (χ1v) is 7.07. The second-order valence-corrected chi connectivity index (χ2v) is 5.61. The van der Waals surface area contributed by atoms with Gasteiger partial charge in [0.15, 0.2) is 0 Å². The monoisotopic (exact) mass is 250 g/mol. The molecule has 0 aromatic carbocycles. The molecule has 1 fully saturated rings. The number of rotatable bonds is 4. The Balaban J connectivity index is 1.95. The van der Waals surface area contributed by atoms with E-state index in [-0.39, 0.29) is 0 Å². The third-order valence-corrected chi connectivity index (χ3v) is 4.11. The fourth-order valence-electron chi connectivity index (χ4n) is 2.95. The van der Waals surface area contributed by atoms with Gasteiger partial charge >= 0.3 is 0 Å². The van der Waals surface area contributed by atoms with Crippen LogP contribution in [0.4, 0.5) is 0 Å². The Labute approximate surface area is 110 Å². The van der Waals surface area contributed by atoms with Crippen LogP contribution >= 0.6 is 0 Å². The molecule has 1 heterocycles. The van der Waals surface area contributed by atoms with Gasteiger partial charge in [0, 0.05) is 37.4 Å². The highest BCUT2D eigenvalue weighted by Crippen LogP contribution is 2.23. The Hall–Kier alpha value is -0.870. The third-order valence-electron chi connectivity index (χ3n) is 4.11. The van der Waals surface area contributed by atoms with Crippen molar-refractivity contribution in [2.24, 2.45) is 12.8 Å². The zero-order valence-electron chi connectivity index (χ0n) is 11.9. The molecule has 1 aromatic rings. The average molecular weight is 250 g/mol. The van der Waals surface area contributed by atoms with Crippen molar-refractivity contribution in [3.63, 3.8) is 0 Å². The summed E-state index contributed by atoms with van der Waals surface area (Å²) in [7, 11) is 4.23. The minimum absolute atomic E-state index is 0.430. The predicted octanol–water partition coefficient (Wildman–Crippen LogP) is 1.68. The Morgan fingerprint density at radius 3 is 2.67 bits per heavy atom. The van der Waals surface area contributed by atoms with Crippen LogP contribution in [0.25, 0.3) is 0 Å². The molecule has 0 bridgehead atoms. The largest absolute Gasteiger partial charge is 0.328 e. The average Bonchev–Trinajstić information content (AvgIpc) is 2.70. The molecule has 0 spiro atoms. The highest BCUT2D eigenvalue weighted by Gasteiger charge is 2.22. The van der Waals surface area contributed by atoms with Crippen molar-refractivity contribution in [3.05, 3.63) is 17.5 Å². The summed E-state index contributed by atoms with van der Waals surface area (Å²) in [4.78, 5) is 2.47. The van der Waals surface area contributed by atoms with Crippen LogP contribution in [0, 0.1) is 0 Å².